The number of benzene rings is 2. The Labute approximate surface area is 114 Å². The van der Waals surface area contributed by atoms with Crippen molar-refractivity contribution < 1.29 is 23.0 Å². The Bertz CT molecular complexity index is 609. The molecule has 0 spiro atoms. The second-order valence-electron chi connectivity index (χ2n) is 4.10. The number of hydrogen-bond acceptors (Lipinski definition) is 3. The zero-order chi connectivity index (χ0) is 14.5. The van der Waals surface area contributed by atoms with E-state index < -0.39 is 17.6 Å². The van der Waals surface area contributed by atoms with Crippen LogP contribution in [0.3, 0.4) is 0 Å². The van der Waals surface area contributed by atoms with E-state index in [1.807, 2.05) is 0 Å². The lowest BCUT2D eigenvalue weighted by molar-refractivity contribution is -0.131. The molecule has 5 heteroatoms. The summed E-state index contributed by atoms with van der Waals surface area (Å²) >= 11 is 0. The molecule has 0 saturated heterocycles. The molecule has 20 heavy (non-hydrogen) atoms. The topological polar surface area (TPSA) is 35.5 Å². The van der Waals surface area contributed by atoms with Crippen LogP contribution in [0, 0.1) is 11.6 Å². The first kappa shape index (κ1) is 14.0. The summed E-state index contributed by atoms with van der Waals surface area (Å²) in [6.07, 6.45) is 0. The van der Waals surface area contributed by atoms with Crippen molar-refractivity contribution in [3.8, 4) is 11.5 Å². The van der Waals surface area contributed by atoms with Gasteiger partial charge in [-0.1, -0.05) is 6.07 Å². The third kappa shape index (κ3) is 3.78. The molecule has 0 heterocycles. The summed E-state index contributed by atoms with van der Waals surface area (Å²) in [6.45, 7) is 1.43. The van der Waals surface area contributed by atoms with E-state index in [4.69, 9.17) is 9.47 Å². The van der Waals surface area contributed by atoms with Crippen molar-refractivity contribution in [3.63, 3.8) is 0 Å². The molecule has 2 aromatic rings. The molecule has 0 aliphatic carbocycles. The van der Waals surface area contributed by atoms with Crippen LogP contribution in [0.25, 0.3) is 0 Å². The van der Waals surface area contributed by atoms with Crippen LogP contribution >= 0.6 is 0 Å². The van der Waals surface area contributed by atoms with Crippen molar-refractivity contribution in [2.45, 2.75) is 13.5 Å². The van der Waals surface area contributed by atoms with Gasteiger partial charge in [0.2, 0.25) is 0 Å². The van der Waals surface area contributed by atoms with Crippen LogP contribution in [-0.2, 0) is 11.4 Å². The van der Waals surface area contributed by atoms with E-state index >= 15 is 0 Å². The zero-order valence-corrected chi connectivity index (χ0v) is 10.7. The molecule has 0 aliphatic rings. The van der Waals surface area contributed by atoms with Gasteiger partial charge in [-0.15, -0.1) is 0 Å². The molecule has 0 fully saturated rings. The van der Waals surface area contributed by atoms with Gasteiger partial charge in [-0.2, -0.15) is 0 Å². The van der Waals surface area contributed by atoms with E-state index in [-0.39, 0.29) is 6.61 Å². The average Bonchev–Trinajstić information content (AvgIpc) is 2.41. The van der Waals surface area contributed by atoms with E-state index in [1.165, 1.54) is 13.0 Å². The molecule has 2 rings (SSSR count). The first-order chi connectivity index (χ1) is 9.54. The Morgan fingerprint density at radius 2 is 1.65 bits per heavy atom. The van der Waals surface area contributed by atoms with Crippen LogP contribution < -0.4 is 9.47 Å². The highest BCUT2D eigenvalue weighted by Crippen LogP contribution is 2.19. The van der Waals surface area contributed by atoms with Gasteiger partial charge in [0.05, 0.1) is 0 Å². The molecule has 0 amide bonds. The summed E-state index contributed by atoms with van der Waals surface area (Å²) in [5.74, 6) is -1.25. The Kier molecular flexibility index (Phi) is 4.30. The second-order valence-corrected chi connectivity index (χ2v) is 4.10. The van der Waals surface area contributed by atoms with Gasteiger partial charge in [0.25, 0.3) is 0 Å². The van der Waals surface area contributed by atoms with Crippen LogP contribution in [0.2, 0.25) is 0 Å². The lowest BCUT2D eigenvalue weighted by Gasteiger charge is -2.07. The highest BCUT2D eigenvalue weighted by molar-refractivity contribution is 5.69. The molecule has 2 aromatic carbocycles. The maximum absolute atomic E-state index is 13.0. The van der Waals surface area contributed by atoms with Gasteiger partial charge in [0, 0.05) is 6.92 Å². The lowest BCUT2D eigenvalue weighted by Crippen LogP contribution is -2.01. The number of esters is 1. The minimum absolute atomic E-state index is 0.115. The number of hydrogen-bond donors (Lipinski definition) is 0. The third-order valence-electron chi connectivity index (χ3n) is 2.47. The summed E-state index contributed by atoms with van der Waals surface area (Å²) in [4.78, 5) is 10.7. The van der Waals surface area contributed by atoms with Crippen LogP contribution in [0.15, 0.2) is 42.5 Å². The minimum atomic E-state index is -0.906. The van der Waals surface area contributed by atoms with E-state index in [2.05, 4.69) is 0 Å². The van der Waals surface area contributed by atoms with Gasteiger partial charge in [-0.05, 0) is 42.0 Å². The van der Waals surface area contributed by atoms with Gasteiger partial charge in [-0.25, -0.2) is 8.78 Å². The molecule has 0 atom stereocenters. The SMILES string of the molecule is CC(=O)Oc1ccc(OCc2ccc(F)c(F)c2)cc1. The highest BCUT2D eigenvalue weighted by Gasteiger charge is 2.04. The Morgan fingerprint density at radius 3 is 2.25 bits per heavy atom. The van der Waals surface area contributed by atoms with Crippen molar-refractivity contribution in [2.24, 2.45) is 0 Å². The van der Waals surface area contributed by atoms with Gasteiger partial charge >= 0.3 is 5.97 Å². The normalized spacial score (nSPS) is 10.2. The average molecular weight is 278 g/mol. The molecule has 0 N–H and O–H groups in total. The van der Waals surface area contributed by atoms with E-state index in [9.17, 15) is 13.6 Å². The highest BCUT2D eigenvalue weighted by atomic mass is 19.2. The summed E-state index contributed by atoms with van der Waals surface area (Å²) in [5.41, 5.74) is 0.521. The minimum Gasteiger partial charge on any atom is -0.489 e. The monoisotopic (exact) mass is 278 g/mol. The van der Waals surface area contributed by atoms with Crippen molar-refractivity contribution >= 4 is 5.97 Å². The molecule has 0 bridgehead atoms. The smallest absolute Gasteiger partial charge is 0.308 e. The van der Waals surface area contributed by atoms with Crippen LogP contribution in [-0.4, -0.2) is 5.97 Å². The molecule has 0 aromatic heterocycles. The van der Waals surface area contributed by atoms with Crippen molar-refractivity contribution in [1.82, 2.24) is 0 Å². The van der Waals surface area contributed by atoms with E-state index in [0.717, 1.165) is 12.1 Å². The largest absolute Gasteiger partial charge is 0.489 e. The molecular formula is C15H12F2O3. The van der Waals surface area contributed by atoms with E-state index in [1.54, 1.807) is 24.3 Å². The maximum Gasteiger partial charge on any atom is 0.308 e. The molecular weight excluding hydrogens is 266 g/mol. The van der Waals surface area contributed by atoms with Gasteiger partial charge in [0.15, 0.2) is 11.6 Å². The van der Waals surface area contributed by atoms with Crippen LogP contribution in [0.4, 0.5) is 8.78 Å². The van der Waals surface area contributed by atoms with Crippen molar-refractivity contribution in [3.05, 3.63) is 59.7 Å². The Morgan fingerprint density at radius 1 is 1.00 bits per heavy atom. The first-order valence-electron chi connectivity index (χ1n) is 5.90. The summed E-state index contributed by atoms with van der Waals surface area (Å²) < 4.78 is 36.0. The summed E-state index contributed by atoms with van der Waals surface area (Å²) in [5, 5.41) is 0. The molecule has 104 valence electrons. The van der Waals surface area contributed by atoms with Crippen molar-refractivity contribution in [2.75, 3.05) is 0 Å². The van der Waals surface area contributed by atoms with Crippen LogP contribution in [0.5, 0.6) is 11.5 Å². The standard InChI is InChI=1S/C15H12F2O3/c1-10(18)20-13-5-3-12(4-6-13)19-9-11-2-7-14(16)15(17)8-11/h2-8H,9H2,1H3. The molecule has 3 nitrogen and oxygen atoms in total. The maximum atomic E-state index is 13.0. The predicted octanol–water partition coefficient (Wildman–Crippen LogP) is 3.47. The molecule has 0 unspecified atom stereocenters. The first-order valence-corrected chi connectivity index (χ1v) is 5.90. The fourth-order valence-electron chi connectivity index (χ4n) is 1.57. The van der Waals surface area contributed by atoms with Gasteiger partial charge in [-0.3, -0.25) is 4.79 Å². The summed E-state index contributed by atoms with van der Waals surface area (Å²) in [7, 11) is 0. The zero-order valence-electron chi connectivity index (χ0n) is 10.7. The quantitative estimate of drug-likeness (QED) is 0.634. The lowest BCUT2D eigenvalue weighted by atomic mass is 10.2. The Hall–Kier alpha value is -2.43. The van der Waals surface area contributed by atoms with Gasteiger partial charge < -0.3 is 9.47 Å². The predicted molar refractivity (Wildman–Crippen MR) is 68.4 cm³/mol. The van der Waals surface area contributed by atoms with Gasteiger partial charge in [0.1, 0.15) is 18.1 Å². The van der Waals surface area contributed by atoms with Crippen LogP contribution in [0.1, 0.15) is 12.5 Å². The molecule has 0 radical (unpaired) electrons. The fourth-order valence-corrected chi connectivity index (χ4v) is 1.57. The Balaban J connectivity index is 1.96. The van der Waals surface area contributed by atoms with Crippen molar-refractivity contribution in [1.29, 1.82) is 0 Å². The molecule has 0 aliphatic heterocycles. The third-order valence-corrected chi connectivity index (χ3v) is 2.47. The number of carbonyl (C=O) groups excluding carboxylic acids is 1. The number of rotatable bonds is 4. The van der Waals surface area contributed by atoms with E-state index in [0.29, 0.717) is 17.1 Å². The number of carbonyl (C=O) groups is 1. The molecule has 0 saturated carbocycles. The number of halogens is 2. The second kappa shape index (κ2) is 6.14. The summed E-state index contributed by atoms with van der Waals surface area (Å²) in [6, 6.07) is 10.0. The number of ether oxygens (including phenoxy) is 2. The fraction of sp³-hybridized carbons (Fsp3) is 0.133.